The first-order valence-corrected chi connectivity index (χ1v) is 10.6. The Morgan fingerprint density at radius 3 is 2.29 bits per heavy atom. The first-order chi connectivity index (χ1) is 16.6. The van der Waals surface area contributed by atoms with Crippen LogP contribution in [0.25, 0.3) is 33.3 Å². The SMILES string of the molecule is COc1cc(C(=O)Nc2ccccc2-c2nc3ccc4ccccc4c3o2)cc(OC)c1OC. The van der Waals surface area contributed by atoms with Crippen LogP contribution in [-0.2, 0) is 0 Å². The lowest BCUT2D eigenvalue weighted by Gasteiger charge is -2.14. The quantitative estimate of drug-likeness (QED) is 0.343. The number of rotatable bonds is 6. The minimum absolute atomic E-state index is 0.340. The van der Waals surface area contributed by atoms with Crippen LogP contribution >= 0.6 is 0 Å². The zero-order chi connectivity index (χ0) is 23.7. The minimum atomic E-state index is -0.340. The van der Waals surface area contributed by atoms with Crippen molar-refractivity contribution in [1.82, 2.24) is 4.98 Å². The summed E-state index contributed by atoms with van der Waals surface area (Å²) in [5.41, 5.74) is 3.05. The number of benzene rings is 4. The predicted molar refractivity (Wildman–Crippen MR) is 131 cm³/mol. The number of hydrogen-bond acceptors (Lipinski definition) is 6. The number of oxazole rings is 1. The largest absolute Gasteiger partial charge is 0.493 e. The molecule has 7 heteroatoms. The van der Waals surface area contributed by atoms with Crippen molar-refractivity contribution in [3.63, 3.8) is 0 Å². The molecule has 1 aromatic heterocycles. The molecule has 0 fully saturated rings. The second-order valence-electron chi connectivity index (χ2n) is 7.57. The fourth-order valence-electron chi connectivity index (χ4n) is 3.96. The summed E-state index contributed by atoms with van der Waals surface area (Å²) in [4.78, 5) is 17.8. The number of nitrogens with zero attached hydrogens (tertiary/aromatic N) is 1. The van der Waals surface area contributed by atoms with E-state index in [1.807, 2.05) is 54.6 Å². The van der Waals surface area contributed by atoms with E-state index in [4.69, 9.17) is 18.6 Å². The van der Waals surface area contributed by atoms with Gasteiger partial charge in [0.1, 0.15) is 5.52 Å². The van der Waals surface area contributed by atoms with Gasteiger partial charge in [-0.15, -0.1) is 0 Å². The van der Waals surface area contributed by atoms with Crippen LogP contribution < -0.4 is 19.5 Å². The molecule has 0 aliphatic rings. The van der Waals surface area contributed by atoms with Gasteiger partial charge in [-0.1, -0.05) is 42.5 Å². The Bertz CT molecular complexity index is 1500. The lowest BCUT2D eigenvalue weighted by molar-refractivity contribution is 0.102. The van der Waals surface area contributed by atoms with Crippen LogP contribution in [0.1, 0.15) is 10.4 Å². The molecular formula is C27H22N2O5. The van der Waals surface area contributed by atoms with Crippen LogP contribution in [0, 0.1) is 0 Å². The normalized spacial score (nSPS) is 10.9. The van der Waals surface area contributed by atoms with Crippen molar-refractivity contribution in [3.05, 3.63) is 78.4 Å². The molecule has 0 radical (unpaired) electrons. The molecule has 0 aliphatic carbocycles. The number of ether oxygens (including phenoxy) is 3. The molecule has 0 saturated heterocycles. The third-order valence-corrected chi connectivity index (χ3v) is 5.61. The van der Waals surface area contributed by atoms with Crippen molar-refractivity contribution in [1.29, 1.82) is 0 Å². The number of nitrogens with one attached hydrogen (secondary N) is 1. The molecule has 5 aromatic rings. The van der Waals surface area contributed by atoms with Crippen molar-refractivity contribution < 1.29 is 23.4 Å². The Hall–Kier alpha value is -4.52. The van der Waals surface area contributed by atoms with E-state index in [-0.39, 0.29) is 5.91 Å². The van der Waals surface area contributed by atoms with E-state index in [9.17, 15) is 4.79 Å². The summed E-state index contributed by atoms with van der Waals surface area (Å²) in [5, 5.41) is 5.01. The minimum Gasteiger partial charge on any atom is -0.493 e. The van der Waals surface area contributed by atoms with Gasteiger partial charge in [-0.3, -0.25) is 4.79 Å². The van der Waals surface area contributed by atoms with Gasteiger partial charge in [0.2, 0.25) is 11.6 Å². The van der Waals surface area contributed by atoms with Gasteiger partial charge in [-0.05, 0) is 35.7 Å². The molecule has 1 amide bonds. The second kappa shape index (κ2) is 8.78. The number of fused-ring (bicyclic) bond motifs is 3. The maximum atomic E-state index is 13.2. The maximum absolute atomic E-state index is 13.2. The van der Waals surface area contributed by atoms with Gasteiger partial charge < -0.3 is 23.9 Å². The summed E-state index contributed by atoms with van der Waals surface area (Å²) in [5.74, 6) is 1.29. The second-order valence-corrected chi connectivity index (χ2v) is 7.57. The Morgan fingerprint density at radius 1 is 0.853 bits per heavy atom. The Morgan fingerprint density at radius 2 is 1.56 bits per heavy atom. The number of aromatic nitrogens is 1. The van der Waals surface area contributed by atoms with E-state index >= 15 is 0 Å². The molecule has 1 heterocycles. The molecule has 0 bridgehead atoms. The molecule has 4 aromatic carbocycles. The van der Waals surface area contributed by atoms with E-state index in [2.05, 4.69) is 10.3 Å². The monoisotopic (exact) mass is 454 g/mol. The molecule has 34 heavy (non-hydrogen) atoms. The molecular weight excluding hydrogens is 432 g/mol. The number of amides is 1. The fourth-order valence-corrected chi connectivity index (χ4v) is 3.96. The smallest absolute Gasteiger partial charge is 0.255 e. The predicted octanol–water partition coefficient (Wildman–Crippen LogP) is 5.93. The summed E-state index contributed by atoms with van der Waals surface area (Å²) in [7, 11) is 4.52. The van der Waals surface area contributed by atoms with Crippen LogP contribution in [0.15, 0.2) is 77.2 Å². The number of carbonyl (C=O) groups excluding carboxylic acids is 1. The third-order valence-electron chi connectivity index (χ3n) is 5.61. The fraction of sp³-hybridized carbons (Fsp3) is 0.111. The van der Waals surface area contributed by atoms with Crippen LogP contribution in [0.4, 0.5) is 5.69 Å². The number of methoxy groups -OCH3 is 3. The number of para-hydroxylation sites is 1. The molecule has 7 nitrogen and oxygen atoms in total. The Labute approximate surface area is 195 Å². The summed E-state index contributed by atoms with van der Waals surface area (Å²) in [6.45, 7) is 0. The van der Waals surface area contributed by atoms with Gasteiger partial charge in [0.05, 0.1) is 32.6 Å². The van der Waals surface area contributed by atoms with E-state index in [1.165, 1.54) is 21.3 Å². The van der Waals surface area contributed by atoms with Gasteiger partial charge in [0, 0.05) is 10.9 Å². The standard InChI is InChI=1S/C27H22N2O5/c1-31-22-14-17(15-23(32-2)25(22)33-3)26(30)28-20-11-7-6-10-19(20)27-29-21-13-12-16-8-4-5-9-18(16)24(21)34-27/h4-15H,1-3H3,(H,28,30). The molecule has 0 atom stereocenters. The van der Waals surface area contributed by atoms with E-state index in [0.29, 0.717) is 45.5 Å². The van der Waals surface area contributed by atoms with Crippen LogP contribution in [0.3, 0.4) is 0 Å². The lowest BCUT2D eigenvalue weighted by Crippen LogP contribution is -2.13. The molecule has 0 unspecified atom stereocenters. The summed E-state index contributed by atoms with van der Waals surface area (Å²) >= 11 is 0. The lowest BCUT2D eigenvalue weighted by atomic mass is 10.1. The van der Waals surface area contributed by atoms with Crippen LogP contribution in [0.5, 0.6) is 17.2 Å². The Balaban J connectivity index is 1.53. The average molecular weight is 454 g/mol. The molecule has 1 N–H and O–H groups in total. The molecule has 5 rings (SSSR count). The summed E-state index contributed by atoms with van der Waals surface area (Å²) in [6, 6.07) is 22.5. The zero-order valence-electron chi connectivity index (χ0n) is 18.9. The van der Waals surface area contributed by atoms with Crippen LogP contribution in [-0.4, -0.2) is 32.2 Å². The maximum Gasteiger partial charge on any atom is 0.255 e. The van der Waals surface area contributed by atoms with E-state index in [1.54, 1.807) is 18.2 Å². The highest BCUT2D eigenvalue weighted by Gasteiger charge is 2.19. The van der Waals surface area contributed by atoms with Crippen molar-refractivity contribution in [2.24, 2.45) is 0 Å². The highest BCUT2D eigenvalue weighted by molar-refractivity contribution is 6.07. The third kappa shape index (κ3) is 3.67. The highest BCUT2D eigenvalue weighted by Crippen LogP contribution is 2.39. The van der Waals surface area contributed by atoms with Crippen molar-refractivity contribution in [2.75, 3.05) is 26.6 Å². The Kier molecular flexibility index (Phi) is 5.51. The zero-order valence-corrected chi connectivity index (χ0v) is 18.9. The van der Waals surface area contributed by atoms with Gasteiger partial charge in [0.15, 0.2) is 17.1 Å². The van der Waals surface area contributed by atoms with Gasteiger partial charge >= 0.3 is 0 Å². The molecule has 170 valence electrons. The average Bonchev–Trinajstić information content (AvgIpc) is 3.32. The van der Waals surface area contributed by atoms with Gasteiger partial charge in [-0.2, -0.15) is 0 Å². The van der Waals surface area contributed by atoms with E-state index in [0.717, 1.165) is 16.3 Å². The van der Waals surface area contributed by atoms with Gasteiger partial charge in [-0.25, -0.2) is 4.98 Å². The molecule has 0 saturated carbocycles. The van der Waals surface area contributed by atoms with Crippen molar-refractivity contribution >= 4 is 33.5 Å². The van der Waals surface area contributed by atoms with Crippen molar-refractivity contribution in [3.8, 4) is 28.7 Å². The van der Waals surface area contributed by atoms with Gasteiger partial charge in [0.25, 0.3) is 5.91 Å². The number of hydrogen-bond donors (Lipinski definition) is 1. The van der Waals surface area contributed by atoms with Crippen LogP contribution in [0.2, 0.25) is 0 Å². The highest BCUT2D eigenvalue weighted by atomic mass is 16.5. The number of anilines is 1. The van der Waals surface area contributed by atoms with Crippen molar-refractivity contribution in [2.45, 2.75) is 0 Å². The first-order valence-electron chi connectivity index (χ1n) is 10.6. The first kappa shape index (κ1) is 21.3. The molecule has 0 spiro atoms. The summed E-state index contributed by atoms with van der Waals surface area (Å²) < 4.78 is 22.3. The van der Waals surface area contributed by atoms with E-state index < -0.39 is 0 Å². The summed E-state index contributed by atoms with van der Waals surface area (Å²) in [6.07, 6.45) is 0. The number of carbonyl (C=O) groups is 1. The topological polar surface area (TPSA) is 82.8 Å². The molecule has 0 aliphatic heterocycles.